The van der Waals surface area contributed by atoms with Crippen molar-refractivity contribution in [3.05, 3.63) is 51.7 Å². The lowest BCUT2D eigenvalue weighted by Gasteiger charge is -2.03. The van der Waals surface area contributed by atoms with Crippen LogP contribution >= 0.6 is 11.3 Å². The van der Waals surface area contributed by atoms with Crippen LogP contribution < -0.4 is 5.32 Å². The molecule has 0 saturated carbocycles. The minimum atomic E-state index is -1.09. The zero-order chi connectivity index (χ0) is 14.5. The van der Waals surface area contributed by atoms with Gasteiger partial charge in [0.25, 0.3) is 0 Å². The number of amides is 1. The highest BCUT2D eigenvalue weighted by molar-refractivity contribution is 7.09. The molecule has 0 aliphatic heterocycles. The SMILES string of the molecule is O=C(Cc1ccc(F)cc1)NCc1nc(C(=O)O)cs1. The standard InChI is InChI=1S/C13H11FN2O3S/c14-9-3-1-8(2-4-9)5-11(17)15-6-12-16-10(7-20-12)13(18)19/h1-4,7H,5-6H2,(H,15,17)(H,18,19). The van der Waals surface area contributed by atoms with Crippen LogP contribution in [0, 0.1) is 5.82 Å². The number of carboxylic acid groups (broad SMARTS) is 1. The van der Waals surface area contributed by atoms with Gasteiger partial charge in [-0.2, -0.15) is 0 Å². The molecule has 104 valence electrons. The van der Waals surface area contributed by atoms with Gasteiger partial charge in [-0.3, -0.25) is 4.79 Å². The third-order valence-corrected chi connectivity index (χ3v) is 3.33. The van der Waals surface area contributed by atoms with E-state index >= 15 is 0 Å². The third kappa shape index (κ3) is 3.86. The molecule has 0 bridgehead atoms. The van der Waals surface area contributed by atoms with E-state index in [2.05, 4.69) is 10.3 Å². The van der Waals surface area contributed by atoms with Gasteiger partial charge in [-0.1, -0.05) is 12.1 Å². The molecule has 2 N–H and O–H groups in total. The van der Waals surface area contributed by atoms with E-state index < -0.39 is 5.97 Å². The van der Waals surface area contributed by atoms with E-state index in [0.29, 0.717) is 10.6 Å². The molecule has 1 aromatic carbocycles. The fourth-order valence-corrected chi connectivity index (χ4v) is 2.22. The van der Waals surface area contributed by atoms with Gasteiger partial charge in [0.1, 0.15) is 10.8 Å². The average Bonchev–Trinajstić information content (AvgIpc) is 2.88. The first-order valence-electron chi connectivity index (χ1n) is 5.73. The Kier molecular flexibility index (Phi) is 4.41. The van der Waals surface area contributed by atoms with Crippen molar-refractivity contribution in [1.82, 2.24) is 10.3 Å². The second kappa shape index (κ2) is 6.25. The second-order valence-electron chi connectivity index (χ2n) is 4.01. The fourth-order valence-electron chi connectivity index (χ4n) is 1.51. The smallest absolute Gasteiger partial charge is 0.355 e. The van der Waals surface area contributed by atoms with Crippen molar-refractivity contribution >= 4 is 23.2 Å². The number of aromatic carboxylic acids is 1. The van der Waals surface area contributed by atoms with Gasteiger partial charge in [-0.05, 0) is 17.7 Å². The summed E-state index contributed by atoms with van der Waals surface area (Å²) in [5.41, 5.74) is 0.673. The summed E-state index contributed by atoms with van der Waals surface area (Å²) in [6.07, 6.45) is 0.136. The molecule has 1 amide bonds. The molecule has 0 spiro atoms. The number of carbonyl (C=O) groups is 2. The van der Waals surface area contributed by atoms with Crippen LogP contribution in [0.3, 0.4) is 0 Å². The van der Waals surface area contributed by atoms with Crippen LogP contribution in [-0.2, 0) is 17.8 Å². The van der Waals surface area contributed by atoms with Crippen molar-refractivity contribution in [3.8, 4) is 0 Å². The number of hydrogen-bond donors (Lipinski definition) is 2. The number of nitrogens with one attached hydrogen (secondary N) is 1. The van der Waals surface area contributed by atoms with Gasteiger partial charge in [-0.25, -0.2) is 14.2 Å². The Morgan fingerprint density at radius 1 is 1.30 bits per heavy atom. The predicted molar refractivity (Wildman–Crippen MR) is 71.0 cm³/mol. The Balaban J connectivity index is 1.85. The summed E-state index contributed by atoms with van der Waals surface area (Å²) in [5.74, 6) is -1.67. The molecular formula is C13H11FN2O3S. The van der Waals surface area contributed by atoms with Gasteiger partial charge in [0, 0.05) is 5.38 Å². The molecule has 0 unspecified atom stereocenters. The summed E-state index contributed by atoms with van der Waals surface area (Å²) in [4.78, 5) is 26.2. The Hall–Kier alpha value is -2.28. The van der Waals surface area contributed by atoms with Crippen molar-refractivity contribution in [2.75, 3.05) is 0 Å². The normalized spacial score (nSPS) is 10.2. The number of rotatable bonds is 5. The molecule has 0 aliphatic carbocycles. The van der Waals surface area contributed by atoms with Crippen LogP contribution in [0.1, 0.15) is 21.1 Å². The van der Waals surface area contributed by atoms with Gasteiger partial charge in [-0.15, -0.1) is 11.3 Å². The molecule has 2 rings (SSSR count). The highest BCUT2D eigenvalue weighted by Gasteiger charge is 2.09. The number of aromatic nitrogens is 1. The summed E-state index contributed by atoms with van der Waals surface area (Å²) in [5, 5.41) is 13.3. The minimum absolute atomic E-state index is 0.0298. The van der Waals surface area contributed by atoms with Gasteiger partial charge in [0.2, 0.25) is 5.91 Å². The highest BCUT2D eigenvalue weighted by atomic mass is 32.1. The van der Waals surface area contributed by atoms with Crippen molar-refractivity contribution in [1.29, 1.82) is 0 Å². The van der Waals surface area contributed by atoms with E-state index in [9.17, 15) is 14.0 Å². The molecule has 0 aliphatic rings. The van der Waals surface area contributed by atoms with E-state index in [4.69, 9.17) is 5.11 Å². The lowest BCUT2D eigenvalue weighted by atomic mass is 10.1. The number of halogens is 1. The maximum atomic E-state index is 12.7. The highest BCUT2D eigenvalue weighted by Crippen LogP contribution is 2.09. The lowest BCUT2D eigenvalue weighted by molar-refractivity contribution is -0.120. The Bertz CT molecular complexity index is 625. The summed E-state index contributed by atoms with van der Waals surface area (Å²) < 4.78 is 12.7. The first kappa shape index (κ1) is 14.1. The van der Waals surface area contributed by atoms with Crippen molar-refractivity contribution < 1.29 is 19.1 Å². The van der Waals surface area contributed by atoms with Crippen LogP contribution in [0.25, 0.3) is 0 Å². The molecule has 0 fully saturated rings. The predicted octanol–water partition coefficient (Wildman–Crippen LogP) is 1.84. The Morgan fingerprint density at radius 2 is 2.00 bits per heavy atom. The van der Waals surface area contributed by atoms with Crippen LogP contribution in [0.15, 0.2) is 29.6 Å². The van der Waals surface area contributed by atoms with Gasteiger partial charge >= 0.3 is 5.97 Å². The molecule has 1 aromatic heterocycles. The topological polar surface area (TPSA) is 79.3 Å². The van der Waals surface area contributed by atoms with Crippen LogP contribution in [-0.4, -0.2) is 22.0 Å². The summed E-state index contributed by atoms with van der Waals surface area (Å²) in [6, 6.07) is 5.67. The largest absolute Gasteiger partial charge is 0.476 e. The van der Waals surface area contributed by atoms with E-state index in [-0.39, 0.29) is 30.4 Å². The monoisotopic (exact) mass is 294 g/mol. The van der Waals surface area contributed by atoms with Gasteiger partial charge < -0.3 is 10.4 Å². The second-order valence-corrected chi connectivity index (χ2v) is 4.95. The molecule has 1 heterocycles. The van der Waals surface area contributed by atoms with Gasteiger partial charge in [0.05, 0.1) is 13.0 Å². The van der Waals surface area contributed by atoms with Gasteiger partial charge in [0.15, 0.2) is 5.69 Å². The number of hydrogen-bond acceptors (Lipinski definition) is 4. The third-order valence-electron chi connectivity index (χ3n) is 2.49. The molecule has 7 heteroatoms. The number of thiazole rings is 1. The molecule has 0 radical (unpaired) electrons. The van der Waals surface area contributed by atoms with Crippen molar-refractivity contribution in [3.63, 3.8) is 0 Å². The molecule has 0 atom stereocenters. The lowest BCUT2D eigenvalue weighted by Crippen LogP contribution is -2.24. The van der Waals surface area contributed by atoms with Crippen molar-refractivity contribution in [2.45, 2.75) is 13.0 Å². The van der Waals surface area contributed by atoms with E-state index in [0.717, 1.165) is 0 Å². The Morgan fingerprint density at radius 3 is 2.60 bits per heavy atom. The zero-order valence-corrected chi connectivity index (χ0v) is 11.1. The van der Waals surface area contributed by atoms with Crippen LogP contribution in [0.2, 0.25) is 0 Å². The summed E-state index contributed by atoms with van der Waals surface area (Å²) in [7, 11) is 0. The van der Waals surface area contributed by atoms with E-state index in [1.165, 1.54) is 28.8 Å². The summed E-state index contributed by atoms with van der Waals surface area (Å²) >= 11 is 1.17. The van der Waals surface area contributed by atoms with E-state index in [1.807, 2.05) is 0 Å². The molecule has 2 aromatic rings. The molecule has 0 saturated heterocycles. The zero-order valence-electron chi connectivity index (χ0n) is 10.3. The molecular weight excluding hydrogens is 283 g/mol. The minimum Gasteiger partial charge on any atom is -0.476 e. The maximum absolute atomic E-state index is 12.7. The quantitative estimate of drug-likeness (QED) is 0.882. The number of nitrogens with zero attached hydrogens (tertiary/aromatic N) is 1. The van der Waals surface area contributed by atoms with E-state index in [1.54, 1.807) is 12.1 Å². The number of carboxylic acids is 1. The Labute approximate surface area is 118 Å². The fraction of sp³-hybridized carbons (Fsp3) is 0.154. The molecule has 20 heavy (non-hydrogen) atoms. The first-order chi connectivity index (χ1) is 9.54. The number of carbonyl (C=O) groups excluding carboxylic acids is 1. The van der Waals surface area contributed by atoms with Crippen LogP contribution in [0.5, 0.6) is 0 Å². The molecule has 5 nitrogen and oxygen atoms in total. The summed E-state index contributed by atoms with van der Waals surface area (Å²) in [6.45, 7) is 0.179. The van der Waals surface area contributed by atoms with Crippen LogP contribution in [0.4, 0.5) is 4.39 Å². The van der Waals surface area contributed by atoms with Crippen molar-refractivity contribution in [2.24, 2.45) is 0 Å². The maximum Gasteiger partial charge on any atom is 0.355 e. The first-order valence-corrected chi connectivity index (χ1v) is 6.61. The number of benzene rings is 1. The average molecular weight is 294 g/mol.